The Hall–Kier alpha value is -0.120. The molecule has 0 spiro atoms. The molecule has 0 radical (unpaired) electrons. The topological polar surface area (TPSA) is 32.5 Å². The van der Waals surface area contributed by atoms with E-state index in [0.29, 0.717) is 6.04 Å². The Kier molecular flexibility index (Phi) is 4.83. The quantitative estimate of drug-likeness (QED) is 0.813. The Labute approximate surface area is 106 Å². The van der Waals surface area contributed by atoms with Crippen LogP contribution in [0.3, 0.4) is 0 Å². The summed E-state index contributed by atoms with van der Waals surface area (Å²) in [6.07, 6.45) is 8.31. The maximum absolute atomic E-state index is 5.73. The lowest BCUT2D eigenvalue weighted by Gasteiger charge is -2.48. The van der Waals surface area contributed by atoms with Crippen LogP contribution < -0.4 is 5.73 Å². The van der Waals surface area contributed by atoms with Crippen LogP contribution in [0.1, 0.15) is 45.4 Å². The van der Waals surface area contributed by atoms with Crippen LogP contribution in [0.4, 0.5) is 0 Å². The average molecular weight is 239 g/mol. The summed E-state index contributed by atoms with van der Waals surface area (Å²) in [6.45, 7) is 5.66. The predicted octanol–water partition coefficient (Wildman–Crippen LogP) is 1.67. The van der Waals surface area contributed by atoms with E-state index in [4.69, 9.17) is 5.73 Å². The highest BCUT2D eigenvalue weighted by molar-refractivity contribution is 4.89. The van der Waals surface area contributed by atoms with Crippen molar-refractivity contribution < 1.29 is 0 Å². The molecule has 2 N–H and O–H groups in total. The van der Waals surface area contributed by atoms with Gasteiger partial charge in [-0.3, -0.25) is 4.90 Å². The van der Waals surface area contributed by atoms with Gasteiger partial charge in [-0.1, -0.05) is 19.3 Å². The van der Waals surface area contributed by atoms with Crippen LogP contribution in [0.5, 0.6) is 0 Å². The smallest absolute Gasteiger partial charge is 0.0233 e. The molecule has 0 aromatic carbocycles. The summed E-state index contributed by atoms with van der Waals surface area (Å²) < 4.78 is 0. The van der Waals surface area contributed by atoms with E-state index in [1.165, 1.54) is 45.2 Å². The van der Waals surface area contributed by atoms with Gasteiger partial charge in [0.15, 0.2) is 0 Å². The summed E-state index contributed by atoms with van der Waals surface area (Å²) in [5.74, 6) is 0. The van der Waals surface area contributed by atoms with E-state index in [9.17, 15) is 0 Å². The number of hydrogen-bond acceptors (Lipinski definition) is 3. The zero-order valence-electron chi connectivity index (χ0n) is 11.6. The summed E-state index contributed by atoms with van der Waals surface area (Å²) in [7, 11) is 2.26. The van der Waals surface area contributed by atoms with Gasteiger partial charge in [-0.05, 0) is 39.8 Å². The summed E-state index contributed by atoms with van der Waals surface area (Å²) in [6, 6.07) is 2.25. The molecule has 1 aliphatic heterocycles. The average Bonchev–Trinajstić information content (AvgIpc) is 2.34. The van der Waals surface area contributed by atoms with Crippen LogP contribution in [0.15, 0.2) is 0 Å². The van der Waals surface area contributed by atoms with Crippen molar-refractivity contribution in [2.24, 2.45) is 5.73 Å². The fraction of sp³-hybridized carbons (Fsp3) is 1.00. The van der Waals surface area contributed by atoms with Crippen LogP contribution in [0.25, 0.3) is 0 Å². The Morgan fingerprint density at radius 2 is 1.82 bits per heavy atom. The van der Waals surface area contributed by atoms with Crippen molar-refractivity contribution in [3.8, 4) is 0 Å². The molecule has 2 rings (SSSR count). The van der Waals surface area contributed by atoms with Gasteiger partial charge in [0.1, 0.15) is 0 Å². The van der Waals surface area contributed by atoms with Crippen molar-refractivity contribution in [3.05, 3.63) is 0 Å². The monoisotopic (exact) mass is 239 g/mol. The van der Waals surface area contributed by atoms with Crippen LogP contribution in [0.2, 0.25) is 0 Å². The van der Waals surface area contributed by atoms with Gasteiger partial charge in [-0.25, -0.2) is 0 Å². The summed E-state index contributed by atoms with van der Waals surface area (Å²) in [4.78, 5) is 5.29. The lowest BCUT2D eigenvalue weighted by molar-refractivity contribution is 0.00888. The van der Waals surface area contributed by atoms with Gasteiger partial charge in [-0.2, -0.15) is 0 Å². The SMILES string of the molecule is CC1CN(C)C(CCN)CN1C1CCCCC1. The minimum absolute atomic E-state index is 0.679. The molecular weight excluding hydrogens is 210 g/mol. The Morgan fingerprint density at radius 1 is 1.12 bits per heavy atom. The second-order valence-electron chi connectivity index (χ2n) is 6.01. The van der Waals surface area contributed by atoms with Crippen molar-refractivity contribution >= 4 is 0 Å². The molecule has 1 saturated heterocycles. The molecule has 100 valence electrons. The molecule has 1 saturated carbocycles. The van der Waals surface area contributed by atoms with Crippen LogP contribution in [0, 0.1) is 0 Å². The molecule has 2 fully saturated rings. The van der Waals surface area contributed by atoms with Gasteiger partial charge in [-0.15, -0.1) is 0 Å². The highest BCUT2D eigenvalue weighted by Gasteiger charge is 2.33. The number of rotatable bonds is 3. The summed E-state index contributed by atoms with van der Waals surface area (Å²) in [5.41, 5.74) is 5.73. The lowest BCUT2D eigenvalue weighted by Crippen LogP contribution is -2.59. The third kappa shape index (κ3) is 3.21. The van der Waals surface area contributed by atoms with E-state index in [-0.39, 0.29) is 0 Å². The minimum Gasteiger partial charge on any atom is -0.330 e. The summed E-state index contributed by atoms with van der Waals surface area (Å²) in [5, 5.41) is 0. The summed E-state index contributed by atoms with van der Waals surface area (Å²) >= 11 is 0. The van der Waals surface area contributed by atoms with Crippen LogP contribution in [-0.4, -0.2) is 54.6 Å². The number of likely N-dealkylation sites (N-methyl/N-ethyl adjacent to an activating group) is 1. The van der Waals surface area contributed by atoms with Gasteiger partial charge in [0.05, 0.1) is 0 Å². The molecule has 1 aliphatic carbocycles. The van der Waals surface area contributed by atoms with Gasteiger partial charge >= 0.3 is 0 Å². The first-order valence-electron chi connectivity index (χ1n) is 7.38. The second kappa shape index (κ2) is 6.17. The highest BCUT2D eigenvalue weighted by atomic mass is 15.3. The van der Waals surface area contributed by atoms with Gasteiger partial charge < -0.3 is 10.6 Å². The number of nitrogens with two attached hydrogens (primary N) is 1. The standard InChI is InChI=1S/C14H29N3/c1-12-10-16(2)14(8-9-15)11-17(12)13-6-4-3-5-7-13/h12-14H,3-11,15H2,1-2H3. The largest absolute Gasteiger partial charge is 0.330 e. The van der Waals surface area contributed by atoms with Gasteiger partial charge in [0.25, 0.3) is 0 Å². The van der Waals surface area contributed by atoms with Crippen molar-refractivity contribution in [2.45, 2.75) is 63.6 Å². The zero-order valence-corrected chi connectivity index (χ0v) is 11.6. The predicted molar refractivity (Wildman–Crippen MR) is 73.1 cm³/mol. The van der Waals surface area contributed by atoms with Gasteiger partial charge in [0, 0.05) is 31.2 Å². The molecule has 0 aromatic heterocycles. The molecule has 3 heteroatoms. The van der Waals surface area contributed by atoms with Crippen molar-refractivity contribution in [2.75, 3.05) is 26.7 Å². The van der Waals surface area contributed by atoms with Gasteiger partial charge in [0.2, 0.25) is 0 Å². The van der Waals surface area contributed by atoms with E-state index in [2.05, 4.69) is 23.8 Å². The lowest BCUT2D eigenvalue weighted by atomic mass is 9.91. The van der Waals surface area contributed by atoms with E-state index >= 15 is 0 Å². The van der Waals surface area contributed by atoms with Crippen molar-refractivity contribution in [1.82, 2.24) is 9.80 Å². The van der Waals surface area contributed by atoms with Crippen LogP contribution in [-0.2, 0) is 0 Å². The number of nitrogens with zero attached hydrogens (tertiary/aromatic N) is 2. The van der Waals surface area contributed by atoms with E-state index in [1.54, 1.807) is 0 Å². The molecule has 2 unspecified atom stereocenters. The molecule has 2 atom stereocenters. The zero-order chi connectivity index (χ0) is 12.3. The first-order valence-corrected chi connectivity index (χ1v) is 7.38. The highest BCUT2D eigenvalue weighted by Crippen LogP contribution is 2.27. The molecule has 0 amide bonds. The molecule has 17 heavy (non-hydrogen) atoms. The first-order chi connectivity index (χ1) is 8.22. The van der Waals surface area contributed by atoms with E-state index in [1.807, 2.05) is 0 Å². The molecular formula is C14H29N3. The molecule has 2 aliphatic rings. The maximum Gasteiger partial charge on any atom is 0.0233 e. The Bertz CT molecular complexity index is 226. The normalized spacial score (nSPS) is 34.1. The van der Waals surface area contributed by atoms with E-state index < -0.39 is 0 Å². The van der Waals surface area contributed by atoms with E-state index in [0.717, 1.165) is 25.0 Å². The van der Waals surface area contributed by atoms with Crippen molar-refractivity contribution in [1.29, 1.82) is 0 Å². The second-order valence-corrected chi connectivity index (χ2v) is 6.01. The molecule has 1 heterocycles. The van der Waals surface area contributed by atoms with Crippen LogP contribution >= 0.6 is 0 Å². The Balaban J connectivity index is 1.95. The molecule has 3 nitrogen and oxygen atoms in total. The number of piperazine rings is 1. The molecule has 0 bridgehead atoms. The molecule has 0 aromatic rings. The Morgan fingerprint density at radius 3 is 2.47 bits per heavy atom. The fourth-order valence-electron chi connectivity index (χ4n) is 3.66. The fourth-order valence-corrected chi connectivity index (χ4v) is 3.66. The first kappa shape index (κ1) is 13.3. The third-order valence-electron chi connectivity index (χ3n) is 4.71. The minimum atomic E-state index is 0.679. The maximum atomic E-state index is 5.73. The third-order valence-corrected chi connectivity index (χ3v) is 4.71. The number of hydrogen-bond donors (Lipinski definition) is 1. The van der Waals surface area contributed by atoms with Crippen molar-refractivity contribution in [3.63, 3.8) is 0 Å².